The van der Waals surface area contributed by atoms with Crippen LogP contribution in [0.25, 0.3) is 16.7 Å². The first kappa shape index (κ1) is 8.61. The minimum absolute atomic E-state index is 0.463. The van der Waals surface area contributed by atoms with Crippen LogP contribution in [0.1, 0.15) is 5.69 Å². The molecule has 0 unspecified atom stereocenters. The van der Waals surface area contributed by atoms with Crippen LogP contribution in [-0.2, 0) is 0 Å². The van der Waals surface area contributed by atoms with E-state index in [1.54, 1.807) is 16.8 Å². The molecule has 0 aliphatic rings. The summed E-state index contributed by atoms with van der Waals surface area (Å²) >= 11 is 5.83. The van der Waals surface area contributed by atoms with Crippen LogP contribution in [-0.4, -0.2) is 19.6 Å². The van der Waals surface area contributed by atoms with E-state index < -0.39 is 0 Å². The van der Waals surface area contributed by atoms with Crippen LogP contribution in [0.15, 0.2) is 24.4 Å². The second-order valence-corrected chi connectivity index (χ2v) is 3.73. The van der Waals surface area contributed by atoms with Crippen LogP contribution in [0, 0.1) is 6.92 Å². The molecule has 0 aliphatic carbocycles. The van der Waals surface area contributed by atoms with Gasteiger partial charge in [0.2, 0.25) is 0 Å². The summed E-state index contributed by atoms with van der Waals surface area (Å²) in [4.78, 5) is 8.55. The predicted molar refractivity (Wildman–Crippen MR) is 58.0 cm³/mol. The van der Waals surface area contributed by atoms with Gasteiger partial charge in [-0.15, -0.1) is 5.10 Å². The zero-order valence-electron chi connectivity index (χ0n) is 7.98. The lowest BCUT2D eigenvalue weighted by atomic mass is 10.3. The molecule has 0 bridgehead atoms. The zero-order chi connectivity index (χ0) is 10.4. The van der Waals surface area contributed by atoms with Crippen molar-refractivity contribution < 1.29 is 0 Å². The van der Waals surface area contributed by atoms with Gasteiger partial charge in [-0.05, 0) is 25.1 Å². The molecule has 3 heterocycles. The number of aromatic nitrogens is 4. The highest BCUT2D eigenvalue weighted by Gasteiger charge is 2.07. The first-order valence-corrected chi connectivity index (χ1v) is 4.90. The maximum Gasteiger partial charge on any atom is 0.184 e. The molecule has 3 aromatic heterocycles. The molecule has 0 N–H and O–H groups in total. The molecular formula is C10H7ClN4. The van der Waals surface area contributed by atoms with E-state index in [0.29, 0.717) is 10.8 Å². The Kier molecular flexibility index (Phi) is 1.67. The van der Waals surface area contributed by atoms with Crippen LogP contribution < -0.4 is 0 Å². The lowest BCUT2D eigenvalue weighted by molar-refractivity contribution is 0.946. The molecule has 0 radical (unpaired) electrons. The molecule has 5 heteroatoms. The van der Waals surface area contributed by atoms with Crippen molar-refractivity contribution in [3.05, 3.63) is 35.2 Å². The molecule has 0 saturated heterocycles. The lowest BCUT2D eigenvalue weighted by Gasteiger charge is -1.92. The third-order valence-electron chi connectivity index (χ3n) is 2.24. The maximum atomic E-state index is 5.83. The van der Waals surface area contributed by atoms with Crippen molar-refractivity contribution in [2.45, 2.75) is 6.92 Å². The molecule has 74 valence electrons. The van der Waals surface area contributed by atoms with Crippen molar-refractivity contribution in [1.82, 2.24) is 19.6 Å². The van der Waals surface area contributed by atoms with Gasteiger partial charge in [0.15, 0.2) is 11.3 Å². The number of halogens is 1. The fourth-order valence-electron chi connectivity index (χ4n) is 1.55. The van der Waals surface area contributed by atoms with Gasteiger partial charge >= 0.3 is 0 Å². The maximum absolute atomic E-state index is 5.83. The predicted octanol–water partition coefficient (Wildman–Crippen LogP) is 2.24. The third kappa shape index (κ3) is 1.26. The number of hydrogen-bond acceptors (Lipinski definition) is 3. The summed E-state index contributed by atoms with van der Waals surface area (Å²) in [5, 5.41) is 5.68. The van der Waals surface area contributed by atoms with Gasteiger partial charge in [-0.2, -0.15) is 0 Å². The van der Waals surface area contributed by atoms with Crippen LogP contribution in [0.5, 0.6) is 0 Å². The Balaban J connectivity index is 2.53. The minimum Gasteiger partial charge on any atom is -0.232 e. The number of hydrogen-bond donors (Lipinski definition) is 0. The van der Waals surface area contributed by atoms with Crippen molar-refractivity contribution >= 4 is 28.3 Å². The molecule has 0 aromatic carbocycles. The van der Waals surface area contributed by atoms with E-state index in [1.165, 1.54) is 0 Å². The average molecular weight is 219 g/mol. The van der Waals surface area contributed by atoms with Crippen molar-refractivity contribution in [2.24, 2.45) is 0 Å². The molecule has 15 heavy (non-hydrogen) atoms. The van der Waals surface area contributed by atoms with Crippen molar-refractivity contribution in [1.29, 1.82) is 0 Å². The van der Waals surface area contributed by atoms with Crippen LogP contribution in [0.4, 0.5) is 0 Å². The molecule has 4 nitrogen and oxygen atoms in total. The van der Waals surface area contributed by atoms with Crippen LogP contribution >= 0.6 is 11.6 Å². The Morgan fingerprint density at radius 1 is 1.20 bits per heavy atom. The van der Waals surface area contributed by atoms with Crippen LogP contribution in [0.3, 0.4) is 0 Å². The quantitative estimate of drug-likeness (QED) is 0.544. The Morgan fingerprint density at radius 3 is 2.93 bits per heavy atom. The normalized spacial score (nSPS) is 11.3. The number of rotatable bonds is 0. The summed E-state index contributed by atoms with van der Waals surface area (Å²) < 4.78 is 1.68. The second-order valence-electron chi connectivity index (χ2n) is 3.34. The Morgan fingerprint density at radius 2 is 2.07 bits per heavy atom. The van der Waals surface area contributed by atoms with E-state index in [1.807, 2.05) is 19.1 Å². The van der Waals surface area contributed by atoms with Crippen molar-refractivity contribution in [3.63, 3.8) is 0 Å². The first-order valence-electron chi connectivity index (χ1n) is 4.52. The molecule has 0 spiro atoms. The number of pyridine rings is 1. The van der Waals surface area contributed by atoms with Gasteiger partial charge in [-0.1, -0.05) is 11.6 Å². The summed E-state index contributed by atoms with van der Waals surface area (Å²) in [7, 11) is 0. The summed E-state index contributed by atoms with van der Waals surface area (Å²) in [6.07, 6.45) is 1.78. The van der Waals surface area contributed by atoms with Crippen molar-refractivity contribution in [3.8, 4) is 0 Å². The number of nitrogens with zero attached hydrogens (tertiary/aromatic N) is 4. The van der Waals surface area contributed by atoms with Gasteiger partial charge in [-0.3, -0.25) is 0 Å². The zero-order valence-corrected chi connectivity index (χ0v) is 8.73. The number of aryl methyl sites for hydroxylation is 1. The fourth-order valence-corrected chi connectivity index (χ4v) is 1.69. The Bertz CT molecular complexity index is 659. The monoisotopic (exact) mass is 218 g/mol. The molecule has 0 saturated carbocycles. The SMILES string of the molecule is Cc1ccc2c(n1)nn1ccc(Cl)nc21. The van der Waals surface area contributed by atoms with E-state index >= 15 is 0 Å². The molecular weight excluding hydrogens is 212 g/mol. The largest absolute Gasteiger partial charge is 0.232 e. The van der Waals surface area contributed by atoms with E-state index in [-0.39, 0.29) is 0 Å². The molecule has 3 aromatic rings. The molecule has 3 rings (SSSR count). The van der Waals surface area contributed by atoms with Gasteiger partial charge in [0, 0.05) is 11.9 Å². The standard InChI is InChI=1S/C10H7ClN4/c1-6-2-3-7-9(12-6)14-15-5-4-8(11)13-10(7)15/h2-5H,1H3. The van der Waals surface area contributed by atoms with Crippen molar-refractivity contribution in [2.75, 3.05) is 0 Å². The van der Waals surface area contributed by atoms with Gasteiger partial charge < -0.3 is 0 Å². The highest BCUT2D eigenvalue weighted by molar-refractivity contribution is 6.29. The van der Waals surface area contributed by atoms with Crippen LogP contribution in [0.2, 0.25) is 5.15 Å². The van der Waals surface area contributed by atoms with Gasteiger partial charge in [0.25, 0.3) is 0 Å². The van der Waals surface area contributed by atoms with Gasteiger partial charge in [0.05, 0.1) is 5.39 Å². The summed E-state index contributed by atoms with van der Waals surface area (Å²) in [5.41, 5.74) is 2.38. The highest BCUT2D eigenvalue weighted by atomic mass is 35.5. The average Bonchev–Trinajstić information content (AvgIpc) is 2.54. The third-order valence-corrected chi connectivity index (χ3v) is 2.45. The molecule has 0 atom stereocenters. The summed E-state index contributed by atoms with van der Waals surface area (Å²) in [6.45, 7) is 1.93. The number of fused-ring (bicyclic) bond motifs is 3. The Labute approximate surface area is 90.5 Å². The smallest absolute Gasteiger partial charge is 0.184 e. The topological polar surface area (TPSA) is 43.1 Å². The van der Waals surface area contributed by atoms with E-state index in [9.17, 15) is 0 Å². The molecule has 0 amide bonds. The minimum atomic E-state index is 0.463. The van der Waals surface area contributed by atoms with Gasteiger partial charge in [0.1, 0.15) is 5.15 Å². The second kappa shape index (κ2) is 2.90. The van der Waals surface area contributed by atoms with E-state index in [4.69, 9.17) is 11.6 Å². The highest BCUT2D eigenvalue weighted by Crippen LogP contribution is 2.17. The summed E-state index contributed by atoms with van der Waals surface area (Å²) in [5.74, 6) is 0. The lowest BCUT2D eigenvalue weighted by Crippen LogP contribution is -1.88. The Hall–Kier alpha value is -1.68. The van der Waals surface area contributed by atoms with E-state index in [0.717, 1.165) is 16.7 Å². The molecule has 0 aliphatic heterocycles. The molecule has 0 fully saturated rings. The fraction of sp³-hybridized carbons (Fsp3) is 0.100. The summed E-state index contributed by atoms with van der Waals surface area (Å²) in [6, 6.07) is 5.60. The van der Waals surface area contributed by atoms with Gasteiger partial charge in [-0.25, -0.2) is 14.5 Å². The first-order chi connectivity index (χ1) is 7.24. The van der Waals surface area contributed by atoms with E-state index in [2.05, 4.69) is 15.1 Å².